The van der Waals surface area contributed by atoms with E-state index in [0.29, 0.717) is 24.0 Å². The molecule has 0 N–H and O–H groups in total. The zero-order valence-electron chi connectivity index (χ0n) is 19.7. The molecule has 0 unspecified atom stereocenters. The van der Waals surface area contributed by atoms with Crippen LogP contribution in [0.1, 0.15) is 19.3 Å². The fourth-order valence-corrected chi connectivity index (χ4v) is 9.41. The van der Waals surface area contributed by atoms with Gasteiger partial charge >= 0.3 is 0 Å². The first kappa shape index (κ1) is 23.1. The molecule has 176 valence electrons. The zero-order valence-corrected chi connectivity index (χ0v) is 21.5. The summed E-state index contributed by atoms with van der Waals surface area (Å²) in [6, 6.07) is 43.0. The number of hydrogen-bond acceptors (Lipinski definition) is 2. The van der Waals surface area contributed by atoms with Gasteiger partial charge < -0.3 is 9.05 Å². The zero-order chi connectivity index (χ0) is 23.5. The van der Waals surface area contributed by atoms with Gasteiger partial charge in [-0.15, -0.1) is 0 Å². The molecule has 4 atom stereocenters. The highest BCUT2D eigenvalue weighted by Crippen LogP contribution is 2.54. The Hall–Kier alpha value is -2.34. The van der Waals surface area contributed by atoms with E-state index in [2.05, 4.69) is 121 Å². The van der Waals surface area contributed by atoms with Crippen LogP contribution in [0.2, 0.25) is 0 Å². The van der Waals surface area contributed by atoms with Crippen molar-refractivity contribution in [2.24, 2.45) is 11.8 Å². The standard InChI is InChI=1S/C31H30O2P2/c1-5-13-26(14-6-1)34(27-15-7-2-8-16-27)32-30-22-25-21-24(30)23-31(25)33-35(28-17-9-3-10-18-28)29-19-11-4-12-20-29/h1-20,24-25,30-31H,21-23H2/t24-,25-,30-,31-/m1/s1. The molecule has 0 radical (unpaired) electrons. The van der Waals surface area contributed by atoms with Crippen molar-refractivity contribution in [2.75, 3.05) is 0 Å². The van der Waals surface area contributed by atoms with Gasteiger partial charge in [0, 0.05) is 21.2 Å². The van der Waals surface area contributed by atoms with E-state index in [4.69, 9.17) is 9.05 Å². The number of hydrogen-bond donors (Lipinski definition) is 0. The van der Waals surface area contributed by atoms with Crippen molar-refractivity contribution in [3.8, 4) is 0 Å². The summed E-state index contributed by atoms with van der Waals surface area (Å²) >= 11 is 0. The summed E-state index contributed by atoms with van der Waals surface area (Å²) in [5.74, 6) is 1.15. The van der Waals surface area contributed by atoms with Gasteiger partial charge in [0.2, 0.25) is 0 Å². The van der Waals surface area contributed by atoms with E-state index in [1.54, 1.807) is 0 Å². The van der Waals surface area contributed by atoms with E-state index in [9.17, 15) is 0 Å². The van der Waals surface area contributed by atoms with Crippen LogP contribution < -0.4 is 21.2 Å². The van der Waals surface area contributed by atoms with Crippen molar-refractivity contribution in [2.45, 2.75) is 31.5 Å². The van der Waals surface area contributed by atoms with Crippen LogP contribution in [0, 0.1) is 11.8 Å². The maximum absolute atomic E-state index is 6.95. The average molecular weight is 497 g/mol. The van der Waals surface area contributed by atoms with Gasteiger partial charge in [0.1, 0.15) is 0 Å². The Bertz CT molecular complexity index is 1030. The minimum absolute atomic E-state index is 0.311. The van der Waals surface area contributed by atoms with Crippen molar-refractivity contribution >= 4 is 37.5 Å². The predicted molar refractivity (Wildman–Crippen MR) is 149 cm³/mol. The summed E-state index contributed by atoms with van der Waals surface area (Å²) in [5.41, 5.74) is 0. The quantitative estimate of drug-likeness (QED) is 0.267. The van der Waals surface area contributed by atoms with Gasteiger partial charge in [-0.2, -0.15) is 0 Å². The van der Waals surface area contributed by atoms with Gasteiger partial charge in [-0.1, -0.05) is 121 Å². The lowest BCUT2D eigenvalue weighted by molar-refractivity contribution is 0.0887. The predicted octanol–water partition coefficient (Wildman–Crippen LogP) is 6.28. The summed E-state index contributed by atoms with van der Waals surface area (Å²) in [6.45, 7) is 0. The summed E-state index contributed by atoms with van der Waals surface area (Å²) < 4.78 is 13.9. The van der Waals surface area contributed by atoms with E-state index >= 15 is 0 Å². The Kier molecular flexibility index (Phi) is 7.08. The molecule has 2 nitrogen and oxygen atoms in total. The molecule has 2 fully saturated rings. The number of benzene rings is 4. The van der Waals surface area contributed by atoms with Gasteiger partial charge in [0.25, 0.3) is 0 Å². The molecule has 4 aromatic carbocycles. The molecule has 0 saturated heterocycles. The molecule has 0 heterocycles. The van der Waals surface area contributed by atoms with E-state index in [1.165, 1.54) is 27.6 Å². The average Bonchev–Trinajstić information content (AvgIpc) is 3.52. The fourth-order valence-electron chi connectivity index (χ4n) is 5.49. The highest BCUT2D eigenvalue weighted by molar-refractivity contribution is 7.68. The third kappa shape index (κ3) is 5.13. The van der Waals surface area contributed by atoms with Crippen molar-refractivity contribution in [3.05, 3.63) is 121 Å². The Morgan fingerprint density at radius 2 is 0.686 bits per heavy atom. The first-order valence-electron chi connectivity index (χ1n) is 12.5. The Morgan fingerprint density at radius 1 is 0.400 bits per heavy atom. The van der Waals surface area contributed by atoms with Crippen LogP contribution in [0.4, 0.5) is 0 Å². The molecule has 4 aromatic rings. The molecule has 2 bridgehead atoms. The number of rotatable bonds is 8. The topological polar surface area (TPSA) is 18.5 Å². The highest BCUT2D eigenvalue weighted by atomic mass is 31.1. The normalized spacial score (nSPS) is 23.3. The number of fused-ring (bicyclic) bond motifs is 2. The maximum atomic E-state index is 6.95. The molecule has 6 rings (SSSR count). The molecule has 2 aliphatic carbocycles. The smallest absolute Gasteiger partial charge is 0.0921 e. The maximum Gasteiger partial charge on any atom is 0.0921 e. The van der Waals surface area contributed by atoms with Crippen LogP contribution in [-0.2, 0) is 9.05 Å². The highest BCUT2D eigenvalue weighted by Gasteiger charge is 2.48. The molecule has 35 heavy (non-hydrogen) atoms. The van der Waals surface area contributed by atoms with Crippen molar-refractivity contribution in [3.63, 3.8) is 0 Å². The summed E-state index contributed by atoms with van der Waals surface area (Å²) in [5, 5.41) is 5.17. The Morgan fingerprint density at radius 3 is 0.943 bits per heavy atom. The minimum Gasteiger partial charge on any atom is -0.346 e. The molecule has 2 saturated carbocycles. The second kappa shape index (κ2) is 10.7. The third-order valence-electron chi connectivity index (χ3n) is 7.17. The van der Waals surface area contributed by atoms with Crippen LogP contribution in [0.15, 0.2) is 121 Å². The molecule has 0 aromatic heterocycles. The lowest BCUT2D eigenvalue weighted by Crippen LogP contribution is -2.31. The second-order valence-corrected chi connectivity index (χ2v) is 13.1. The van der Waals surface area contributed by atoms with Gasteiger partial charge in [0.05, 0.1) is 28.5 Å². The third-order valence-corrected chi connectivity index (χ3v) is 11.2. The summed E-state index contributed by atoms with van der Waals surface area (Å²) in [6.07, 6.45) is 4.04. The van der Waals surface area contributed by atoms with Crippen LogP contribution in [-0.4, -0.2) is 12.2 Å². The monoisotopic (exact) mass is 496 g/mol. The van der Waals surface area contributed by atoms with Crippen LogP contribution in [0.25, 0.3) is 0 Å². The first-order chi connectivity index (χ1) is 17.3. The molecule has 4 heteroatoms. The SMILES string of the molecule is c1ccc(P(O[C@@H]2C[C@H]3C[C@@H]2C[C@H]3OP(c2ccccc2)c2ccccc2)c2ccccc2)cc1. The van der Waals surface area contributed by atoms with E-state index in [-0.39, 0.29) is 0 Å². The lowest BCUT2D eigenvalue weighted by atomic mass is 9.95. The molecular formula is C31H30O2P2. The van der Waals surface area contributed by atoms with Gasteiger partial charge in [-0.3, -0.25) is 0 Å². The van der Waals surface area contributed by atoms with E-state index < -0.39 is 16.3 Å². The second-order valence-electron chi connectivity index (χ2n) is 9.45. The summed E-state index contributed by atoms with van der Waals surface area (Å²) in [4.78, 5) is 0. The minimum atomic E-state index is -0.814. The Labute approximate surface area is 211 Å². The van der Waals surface area contributed by atoms with Gasteiger partial charge in [-0.25, -0.2) is 0 Å². The van der Waals surface area contributed by atoms with E-state index in [1.807, 2.05) is 0 Å². The van der Waals surface area contributed by atoms with Crippen molar-refractivity contribution in [1.82, 2.24) is 0 Å². The van der Waals surface area contributed by atoms with Crippen LogP contribution in [0.5, 0.6) is 0 Å². The molecule has 2 aliphatic rings. The largest absolute Gasteiger partial charge is 0.346 e. The van der Waals surface area contributed by atoms with Gasteiger partial charge in [0.15, 0.2) is 0 Å². The van der Waals surface area contributed by atoms with Gasteiger partial charge in [-0.05, 0) is 31.1 Å². The lowest BCUT2D eigenvalue weighted by Gasteiger charge is -2.33. The fraction of sp³-hybridized carbons (Fsp3) is 0.226. The van der Waals surface area contributed by atoms with Crippen LogP contribution in [0.3, 0.4) is 0 Å². The molecule has 0 spiro atoms. The Balaban J connectivity index is 1.18. The first-order valence-corrected chi connectivity index (χ1v) is 15.0. The molecule has 0 aliphatic heterocycles. The molecule has 0 amide bonds. The van der Waals surface area contributed by atoms with Crippen LogP contribution >= 0.6 is 16.3 Å². The van der Waals surface area contributed by atoms with E-state index in [0.717, 1.165) is 12.8 Å². The van der Waals surface area contributed by atoms with Crippen molar-refractivity contribution < 1.29 is 9.05 Å². The van der Waals surface area contributed by atoms with Crippen molar-refractivity contribution in [1.29, 1.82) is 0 Å². The summed E-state index contributed by atoms with van der Waals surface area (Å²) in [7, 11) is -1.63. The molecular weight excluding hydrogens is 466 g/mol.